The summed E-state index contributed by atoms with van der Waals surface area (Å²) in [5, 5.41) is 19.4. The number of rotatable bonds is 6. The number of carbonyl (C=O) groups is 2. The number of carboxylic acids is 1. The molecule has 0 saturated carbocycles. The molecule has 1 unspecified atom stereocenters. The van der Waals surface area contributed by atoms with E-state index in [2.05, 4.69) is 15.6 Å². The molecular formula is C14H16N4O4. The predicted molar refractivity (Wildman–Crippen MR) is 78.3 cm³/mol. The van der Waals surface area contributed by atoms with Gasteiger partial charge in [0.05, 0.1) is 11.9 Å². The van der Waals surface area contributed by atoms with E-state index in [1.807, 2.05) is 0 Å². The standard InChI is InChI=1S/C14H16N4O4/c1-2-10(14(21)22)15-12(19)7-8-18-13(20)9-5-3-4-6-11(9)16-17-18/h3-6,10H,2,7-8H2,1H3,(H,15,19)(H,21,22). The highest BCUT2D eigenvalue weighted by atomic mass is 16.4. The molecule has 1 atom stereocenters. The third-order valence-electron chi connectivity index (χ3n) is 3.22. The fraction of sp³-hybridized carbons (Fsp3) is 0.357. The molecule has 1 amide bonds. The summed E-state index contributed by atoms with van der Waals surface area (Å²) >= 11 is 0. The minimum absolute atomic E-state index is 0.0402. The summed E-state index contributed by atoms with van der Waals surface area (Å²) in [6.07, 6.45) is 0.244. The molecule has 0 fully saturated rings. The topological polar surface area (TPSA) is 114 Å². The van der Waals surface area contributed by atoms with Gasteiger partial charge in [-0.2, -0.15) is 0 Å². The van der Waals surface area contributed by atoms with Crippen LogP contribution in [0.2, 0.25) is 0 Å². The monoisotopic (exact) mass is 304 g/mol. The summed E-state index contributed by atoms with van der Waals surface area (Å²) in [5.41, 5.74) is 0.161. The van der Waals surface area contributed by atoms with Crippen LogP contribution in [0.1, 0.15) is 19.8 Å². The van der Waals surface area contributed by atoms with Crippen LogP contribution in [-0.2, 0) is 16.1 Å². The van der Waals surface area contributed by atoms with Gasteiger partial charge in [0.25, 0.3) is 5.56 Å². The zero-order valence-electron chi connectivity index (χ0n) is 12.0. The van der Waals surface area contributed by atoms with Crippen molar-refractivity contribution in [2.75, 3.05) is 0 Å². The van der Waals surface area contributed by atoms with Crippen molar-refractivity contribution in [2.24, 2.45) is 0 Å². The second kappa shape index (κ2) is 6.79. The number of hydrogen-bond acceptors (Lipinski definition) is 5. The summed E-state index contributed by atoms with van der Waals surface area (Å²) in [6.45, 7) is 1.71. The highest BCUT2D eigenvalue weighted by Crippen LogP contribution is 2.03. The number of amides is 1. The minimum atomic E-state index is -1.08. The first kappa shape index (κ1) is 15.6. The highest BCUT2D eigenvalue weighted by molar-refractivity contribution is 5.83. The predicted octanol–water partition coefficient (Wildman–Crippen LogP) is 0.161. The smallest absolute Gasteiger partial charge is 0.326 e. The number of fused-ring (bicyclic) bond motifs is 1. The van der Waals surface area contributed by atoms with Crippen molar-refractivity contribution >= 4 is 22.8 Å². The van der Waals surface area contributed by atoms with Gasteiger partial charge in [-0.25, -0.2) is 9.48 Å². The fourth-order valence-electron chi connectivity index (χ4n) is 1.98. The van der Waals surface area contributed by atoms with Crippen LogP contribution in [0, 0.1) is 0 Å². The average molecular weight is 304 g/mol. The van der Waals surface area contributed by atoms with Crippen molar-refractivity contribution in [2.45, 2.75) is 32.4 Å². The Hall–Kier alpha value is -2.77. The quantitative estimate of drug-likeness (QED) is 0.785. The number of carboxylic acid groups (broad SMARTS) is 1. The van der Waals surface area contributed by atoms with Gasteiger partial charge in [0, 0.05) is 6.42 Å². The molecule has 0 aliphatic carbocycles. The Morgan fingerprint density at radius 1 is 1.36 bits per heavy atom. The van der Waals surface area contributed by atoms with Crippen molar-refractivity contribution in [3.8, 4) is 0 Å². The first-order chi connectivity index (χ1) is 10.5. The summed E-state index contributed by atoms with van der Waals surface area (Å²) in [7, 11) is 0. The highest BCUT2D eigenvalue weighted by Gasteiger charge is 2.17. The molecule has 0 bridgehead atoms. The molecule has 0 radical (unpaired) electrons. The number of carbonyl (C=O) groups excluding carboxylic acids is 1. The molecule has 0 aliphatic rings. The van der Waals surface area contributed by atoms with E-state index in [1.54, 1.807) is 31.2 Å². The lowest BCUT2D eigenvalue weighted by Crippen LogP contribution is -2.41. The van der Waals surface area contributed by atoms with Crippen molar-refractivity contribution < 1.29 is 14.7 Å². The third-order valence-corrected chi connectivity index (χ3v) is 3.22. The molecule has 8 nitrogen and oxygen atoms in total. The Bertz CT molecular complexity index is 756. The van der Waals surface area contributed by atoms with E-state index in [-0.39, 0.29) is 24.9 Å². The van der Waals surface area contributed by atoms with Crippen LogP contribution in [0.4, 0.5) is 0 Å². The van der Waals surface area contributed by atoms with Gasteiger partial charge in [0.15, 0.2) is 0 Å². The third kappa shape index (κ3) is 3.46. The molecule has 116 valence electrons. The Balaban J connectivity index is 2.06. The molecular weight excluding hydrogens is 288 g/mol. The molecule has 0 saturated heterocycles. The molecule has 0 aliphatic heterocycles. The van der Waals surface area contributed by atoms with Crippen LogP contribution >= 0.6 is 0 Å². The summed E-state index contributed by atoms with van der Waals surface area (Å²) in [6, 6.07) is 5.87. The van der Waals surface area contributed by atoms with E-state index >= 15 is 0 Å². The van der Waals surface area contributed by atoms with Crippen LogP contribution in [-0.4, -0.2) is 38.0 Å². The molecule has 1 aromatic carbocycles. The maximum absolute atomic E-state index is 12.2. The van der Waals surface area contributed by atoms with Crippen LogP contribution in [0.25, 0.3) is 10.9 Å². The minimum Gasteiger partial charge on any atom is -0.480 e. The number of nitrogens with one attached hydrogen (secondary N) is 1. The molecule has 8 heteroatoms. The molecule has 22 heavy (non-hydrogen) atoms. The van der Waals surface area contributed by atoms with Gasteiger partial charge in [0.1, 0.15) is 11.6 Å². The van der Waals surface area contributed by atoms with Crippen LogP contribution < -0.4 is 10.9 Å². The van der Waals surface area contributed by atoms with Gasteiger partial charge in [-0.3, -0.25) is 9.59 Å². The normalized spacial score (nSPS) is 12.0. The Kier molecular flexibility index (Phi) is 4.82. The van der Waals surface area contributed by atoms with Gasteiger partial charge in [-0.05, 0) is 18.6 Å². The maximum atomic E-state index is 12.2. The largest absolute Gasteiger partial charge is 0.480 e. The SMILES string of the molecule is CCC(NC(=O)CCn1nnc2ccccc2c1=O)C(=O)O. The lowest BCUT2D eigenvalue weighted by atomic mass is 10.2. The van der Waals surface area contributed by atoms with Crippen LogP contribution in [0.15, 0.2) is 29.1 Å². The molecule has 2 N–H and O–H groups in total. The number of nitrogens with zero attached hydrogens (tertiary/aromatic N) is 3. The fourth-order valence-corrected chi connectivity index (χ4v) is 1.98. The van der Waals surface area contributed by atoms with Crippen molar-refractivity contribution in [3.63, 3.8) is 0 Å². The number of aryl methyl sites for hydroxylation is 1. The van der Waals surface area contributed by atoms with Crippen LogP contribution in [0.5, 0.6) is 0 Å². The Morgan fingerprint density at radius 2 is 2.09 bits per heavy atom. The zero-order valence-corrected chi connectivity index (χ0v) is 12.0. The van der Waals surface area contributed by atoms with Gasteiger partial charge in [-0.1, -0.05) is 24.3 Å². The number of aliphatic carboxylic acids is 1. The van der Waals surface area contributed by atoms with Crippen molar-refractivity contribution in [1.29, 1.82) is 0 Å². The van der Waals surface area contributed by atoms with Gasteiger partial charge >= 0.3 is 5.97 Å². The van der Waals surface area contributed by atoms with Crippen molar-refractivity contribution in [3.05, 3.63) is 34.6 Å². The van der Waals surface area contributed by atoms with E-state index in [1.165, 1.54) is 0 Å². The summed E-state index contributed by atoms with van der Waals surface area (Å²) in [4.78, 5) is 34.7. The lowest BCUT2D eigenvalue weighted by molar-refractivity contribution is -0.141. The molecule has 1 aromatic heterocycles. The molecule has 2 aromatic rings. The second-order valence-electron chi connectivity index (χ2n) is 4.75. The van der Waals surface area contributed by atoms with Gasteiger partial charge in [0.2, 0.25) is 5.91 Å². The van der Waals surface area contributed by atoms with E-state index < -0.39 is 17.9 Å². The van der Waals surface area contributed by atoms with E-state index in [9.17, 15) is 14.4 Å². The van der Waals surface area contributed by atoms with Crippen molar-refractivity contribution in [1.82, 2.24) is 20.3 Å². The number of aromatic nitrogens is 3. The average Bonchev–Trinajstić information content (AvgIpc) is 2.52. The number of benzene rings is 1. The first-order valence-corrected chi connectivity index (χ1v) is 6.87. The molecule has 0 spiro atoms. The van der Waals surface area contributed by atoms with Gasteiger partial charge in [-0.15, -0.1) is 5.10 Å². The van der Waals surface area contributed by atoms with Crippen LogP contribution in [0.3, 0.4) is 0 Å². The molecule has 2 rings (SSSR count). The second-order valence-corrected chi connectivity index (χ2v) is 4.75. The lowest BCUT2D eigenvalue weighted by Gasteiger charge is -2.12. The van der Waals surface area contributed by atoms with E-state index in [0.29, 0.717) is 10.9 Å². The zero-order chi connectivity index (χ0) is 16.1. The van der Waals surface area contributed by atoms with Gasteiger partial charge < -0.3 is 10.4 Å². The number of hydrogen-bond donors (Lipinski definition) is 2. The summed E-state index contributed by atoms with van der Waals surface area (Å²) < 4.78 is 1.10. The maximum Gasteiger partial charge on any atom is 0.326 e. The Labute approximate surface area is 125 Å². The molecule has 1 heterocycles. The van der Waals surface area contributed by atoms with E-state index in [0.717, 1.165) is 4.68 Å². The summed E-state index contributed by atoms with van der Waals surface area (Å²) in [5.74, 6) is -1.53. The first-order valence-electron chi connectivity index (χ1n) is 6.87. The van der Waals surface area contributed by atoms with E-state index in [4.69, 9.17) is 5.11 Å². The Morgan fingerprint density at radius 3 is 2.77 bits per heavy atom.